The monoisotopic (exact) mass is 408 g/mol. The van der Waals surface area contributed by atoms with Gasteiger partial charge in [-0.1, -0.05) is 29.8 Å². The fourth-order valence-corrected chi connectivity index (χ4v) is 3.07. The number of carbonyl (C=O) groups excluding carboxylic acids is 1. The van der Waals surface area contributed by atoms with Gasteiger partial charge in [0, 0.05) is 20.2 Å². The molecule has 5 heteroatoms. The molecule has 0 bridgehead atoms. The molecule has 1 heterocycles. The minimum atomic E-state index is -0.181. The molecule has 0 radical (unpaired) electrons. The largest absolute Gasteiger partial charge is 0.321 e. The van der Waals surface area contributed by atoms with Crippen molar-refractivity contribution >= 4 is 56.7 Å². The van der Waals surface area contributed by atoms with Crippen LogP contribution in [0, 0.1) is 3.57 Å². The highest BCUT2D eigenvalue weighted by atomic mass is 127. The van der Waals surface area contributed by atoms with Gasteiger partial charge in [-0.3, -0.25) is 9.78 Å². The molecule has 0 unspecified atom stereocenters. The molecule has 0 aliphatic rings. The Morgan fingerprint density at radius 3 is 2.76 bits per heavy atom. The highest BCUT2D eigenvalue weighted by Crippen LogP contribution is 2.24. The van der Waals surface area contributed by atoms with E-state index in [1.54, 1.807) is 30.5 Å². The van der Waals surface area contributed by atoms with Crippen LogP contribution in [0.4, 0.5) is 5.69 Å². The molecule has 1 aromatic heterocycles. The number of anilines is 1. The Labute approximate surface area is 140 Å². The topological polar surface area (TPSA) is 42.0 Å². The van der Waals surface area contributed by atoms with Gasteiger partial charge in [-0.15, -0.1) is 0 Å². The fourth-order valence-electron chi connectivity index (χ4n) is 2.07. The Hall–Kier alpha value is -1.66. The summed E-state index contributed by atoms with van der Waals surface area (Å²) in [6.45, 7) is 0. The van der Waals surface area contributed by atoms with Gasteiger partial charge in [0.2, 0.25) is 0 Å². The van der Waals surface area contributed by atoms with Gasteiger partial charge in [-0.2, -0.15) is 0 Å². The van der Waals surface area contributed by atoms with Gasteiger partial charge in [-0.05, 0) is 52.9 Å². The number of fused-ring (bicyclic) bond motifs is 1. The molecule has 3 rings (SSSR count). The predicted molar refractivity (Wildman–Crippen MR) is 93.9 cm³/mol. The summed E-state index contributed by atoms with van der Waals surface area (Å²) >= 11 is 8.06. The summed E-state index contributed by atoms with van der Waals surface area (Å²) in [5.74, 6) is -0.181. The van der Waals surface area contributed by atoms with Gasteiger partial charge in [0.25, 0.3) is 5.91 Å². The van der Waals surface area contributed by atoms with Crippen molar-refractivity contribution in [2.45, 2.75) is 0 Å². The maximum atomic E-state index is 12.5. The molecule has 1 N–H and O–H groups in total. The number of aromatic nitrogens is 1. The van der Waals surface area contributed by atoms with Crippen molar-refractivity contribution in [3.05, 3.63) is 68.9 Å². The molecular formula is C16H10ClIN2O. The Kier molecular flexibility index (Phi) is 4.07. The molecule has 2 aromatic carbocycles. The third-order valence-corrected chi connectivity index (χ3v) is 4.18. The first-order valence-electron chi connectivity index (χ1n) is 6.25. The minimum Gasteiger partial charge on any atom is -0.321 e. The number of nitrogens with one attached hydrogen (secondary N) is 1. The van der Waals surface area contributed by atoms with E-state index in [2.05, 4.69) is 32.9 Å². The SMILES string of the molecule is O=C(Nc1ccc(Cl)cc1I)c1cccc2cccnc12. The number of rotatable bonds is 2. The molecule has 0 saturated heterocycles. The maximum Gasteiger partial charge on any atom is 0.257 e. The third-order valence-electron chi connectivity index (χ3n) is 3.06. The smallest absolute Gasteiger partial charge is 0.257 e. The van der Waals surface area contributed by atoms with Crippen LogP contribution in [0.15, 0.2) is 54.7 Å². The van der Waals surface area contributed by atoms with Crippen LogP contribution in [-0.4, -0.2) is 10.9 Å². The average molecular weight is 409 g/mol. The molecular weight excluding hydrogens is 399 g/mol. The van der Waals surface area contributed by atoms with E-state index in [-0.39, 0.29) is 5.91 Å². The van der Waals surface area contributed by atoms with Crippen LogP contribution >= 0.6 is 34.2 Å². The van der Waals surface area contributed by atoms with Crippen molar-refractivity contribution < 1.29 is 4.79 Å². The lowest BCUT2D eigenvalue weighted by Crippen LogP contribution is -2.13. The van der Waals surface area contributed by atoms with Crippen LogP contribution < -0.4 is 5.32 Å². The van der Waals surface area contributed by atoms with Crippen molar-refractivity contribution in [2.75, 3.05) is 5.32 Å². The Morgan fingerprint density at radius 1 is 1.14 bits per heavy atom. The number of amides is 1. The number of para-hydroxylation sites is 1. The van der Waals surface area contributed by atoms with E-state index < -0.39 is 0 Å². The molecule has 3 nitrogen and oxygen atoms in total. The molecule has 0 atom stereocenters. The van der Waals surface area contributed by atoms with Gasteiger partial charge in [0.1, 0.15) is 0 Å². The lowest BCUT2D eigenvalue weighted by atomic mass is 10.1. The Bertz CT molecular complexity index is 830. The van der Waals surface area contributed by atoms with E-state index in [9.17, 15) is 4.79 Å². The number of carbonyl (C=O) groups is 1. The second kappa shape index (κ2) is 5.99. The van der Waals surface area contributed by atoms with Crippen LogP contribution in [-0.2, 0) is 0 Å². The lowest BCUT2D eigenvalue weighted by Gasteiger charge is -2.09. The Morgan fingerprint density at radius 2 is 1.95 bits per heavy atom. The van der Waals surface area contributed by atoms with E-state index in [0.717, 1.165) is 14.6 Å². The molecule has 1 amide bonds. The average Bonchev–Trinajstić information content (AvgIpc) is 2.49. The fraction of sp³-hybridized carbons (Fsp3) is 0. The van der Waals surface area contributed by atoms with E-state index in [0.29, 0.717) is 16.1 Å². The molecule has 0 fully saturated rings. The number of hydrogen-bond donors (Lipinski definition) is 1. The van der Waals surface area contributed by atoms with Crippen molar-refractivity contribution in [2.24, 2.45) is 0 Å². The lowest BCUT2D eigenvalue weighted by molar-refractivity contribution is 0.102. The predicted octanol–water partition coefficient (Wildman–Crippen LogP) is 4.75. The van der Waals surface area contributed by atoms with Crippen LogP contribution in [0.3, 0.4) is 0 Å². The van der Waals surface area contributed by atoms with Crippen molar-refractivity contribution in [3.8, 4) is 0 Å². The molecule has 0 aliphatic carbocycles. The second-order valence-corrected chi connectivity index (χ2v) is 6.06. The summed E-state index contributed by atoms with van der Waals surface area (Å²) in [6, 6.07) is 14.7. The summed E-state index contributed by atoms with van der Waals surface area (Å²) in [5.41, 5.74) is 1.98. The number of hydrogen-bond acceptors (Lipinski definition) is 2. The minimum absolute atomic E-state index is 0.181. The Balaban J connectivity index is 1.97. The first-order valence-corrected chi connectivity index (χ1v) is 7.71. The highest BCUT2D eigenvalue weighted by molar-refractivity contribution is 14.1. The third kappa shape index (κ3) is 3.01. The standard InChI is InChI=1S/C16H10ClIN2O/c17-11-6-7-14(13(18)9-11)20-16(21)12-5-1-3-10-4-2-8-19-15(10)12/h1-9H,(H,20,21). The van der Waals surface area contributed by atoms with Crippen LogP contribution in [0.5, 0.6) is 0 Å². The van der Waals surface area contributed by atoms with E-state index in [1.807, 2.05) is 24.3 Å². The number of nitrogens with zero attached hydrogens (tertiary/aromatic N) is 1. The summed E-state index contributed by atoms with van der Waals surface area (Å²) in [5, 5.41) is 4.48. The van der Waals surface area contributed by atoms with Gasteiger partial charge < -0.3 is 5.32 Å². The molecule has 0 spiro atoms. The number of benzene rings is 2. The maximum absolute atomic E-state index is 12.5. The first-order chi connectivity index (χ1) is 10.1. The summed E-state index contributed by atoms with van der Waals surface area (Å²) in [4.78, 5) is 16.8. The zero-order chi connectivity index (χ0) is 14.8. The number of halogens is 2. The quantitative estimate of drug-likeness (QED) is 0.622. The molecule has 104 valence electrons. The molecule has 0 aliphatic heterocycles. The summed E-state index contributed by atoms with van der Waals surface area (Å²) in [7, 11) is 0. The molecule has 0 saturated carbocycles. The van der Waals surface area contributed by atoms with Gasteiger partial charge in [0.05, 0.1) is 16.8 Å². The van der Waals surface area contributed by atoms with Gasteiger partial charge in [0.15, 0.2) is 0 Å². The zero-order valence-corrected chi connectivity index (χ0v) is 13.7. The van der Waals surface area contributed by atoms with E-state index in [1.165, 1.54) is 0 Å². The van der Waals surface area contributed by atoms with E-state index in [4.69, 9.17) is 11.6 Å². The molecule has 21 heavy (non-hydrogen) atoms. The summed E-state index contributed by atoms with van der Waals surface area (Å²) in [6.07, 6.45) is 1.69. The highest BCUT2D eigenvalue weighted by Gasteiger charge is 2.12. The van der Waals surface area contributed by atoms with Crippen molar-refractivity contribution in [3.63, 3.8) is 0 Å². The van der Waals surface area contributed by atoms with Gasteiger partial charge in [-0.25, -0.2) is 0 Å². The summed E-state index contributed by atoms with van der Waals surface area (Å²) < 4.78 is 0.890. The first kappa shape index (κ1) is 14.3. The van der Waals surface area contributed by atoms with Crippen LogP contribution in [0.1, 0.15) is 10.4 Å². The normalized spacial score (nSPS) is 10.6. The van der Waals surface area contributed by atoms with Crippen molar-refractivity contribution in [1.82, 2.24) is 4.98 Å². The van der Waals surface area contributed by atoms with Gasteiger partial charge >= 0.3 is 0 Å². The second-order valence-electron chi connectivity index (χ2n) is 4.46. The molecule has 3 aromatic rings. The number of pyridine rings is 1. The van der Waals surface area contributed by atoms with Crippen LogP contribution in [0.25, 0.3) is 10.9 Å². The van der Waals surface area contributed by atoms with E-state index >= 15 is 0 Å². The van der Waals surface area contributed by atoms with Crippen LogP contribution in [0.2, 0.25) is 5.02 Å². The zero-order valence-electron chi connectivity index (χ0n) is 10.8. The van der Waals surface area contributed by atoms with Crippen molar-refractivity contribution in [1.29, 1.82) is 0 Å².